The molecule has 2 aromatic heterocycles. The Labute approximate surface area is 179 Å². The second kappa shape index (κ2) is 8.87. The van der Waals surface area contributed by atoms with Gasteiger partial charge in [0.05, 0.1) is 18.1 Å². The van der Waals surface area contributed by atoms with Crippen LogP contribution in [0, 0.1) is 0 Å². The van der Waals surface area contributed by atoms with E-state index in [2.05, 4.69) is 16.3 Å². The number of thioether (sulfide) groups is 1. The molecule has 1 aromatic carbocycles. The first-order chi connectivity index (χ1) is 14.5. The van der Waals surface area contributed by atoms with E-state index >= 15 is 0 Å². The second-order valence-corrected chi connectivity index (χ2v) is 8.80. The Bertz CT molecular complexity index is 1060. The molecule has 0 saturated carbocycles. The van der Waals surface area contributed by atoms with Crippen LogP contribution in [0.5, 0.6) is 0 Å². The quantitative estimate of drug-likeness (QED) is 0.418. The zero-order chi connectivity index (χ0) is 21.1. The van der Waals surface area contributed by atoms with Gasteiger partial charge in [0.1, 0.15) is 11.6 Å². The van der Waals surface area contributed by atoms with E-state index in [1.54, 1.807) is 6.26 Å². The molecule has 1 amide bonds. The van der Waals surface area contributed by atoms with Crippen LogP contribution in [0.3, 0.4) is 0 Å². The Hall–Kier alpha value is -2.87. The van der Waals surface area contributed by atoms with Crippen LogP contribution in [-0.4, -0.2) is 31.7 Å². The summed E-state index contributed by atoms with van der Waals surface area (Å²) in [6, 6.07) is 9.72. The van der Waals surface area contributed by atoms with Gasteiger partial charge in [-0.1, -0.05) is 23.9 Å². The van der Waals surface area contributed by atoms with Crippen LogP contribution in [0.15, 0.2) is 46.2 Å². The van der Waals surface area contributed by atoms with Gasteiger partial charge < -0.3 is 10.2 Å². The summed E-state index contributed by atoms with van der Waals surface area (Å²) in [6.07, 6.45) is 5.47. The van der Waals surface area contributed by atoms with E-state index in [0.717, 1.165) is 30.6 Å². The molecule has 8 heteroatoms. The molecular formula is C22H24N4O3S. The molecule has 1 aliphatic carbocycles. The predicted octanol–water partition coefficient (Wildman–Crippen LogP) is 3.19. The maximum atomic E-state index is 13.0. The molecular weight excluding hydrogens is 400 g/mol. The number of Topliss-reactive ketones (excluding diaryl/α,β-unsaturated/α-hetero) is 1. The number of ketones is 1. The van der Waals surface area contributed by atoms with Crippen LogP contribution in [0.4, 0.5) is 0 Å². The number of hydrogen-bond donors (Lipinski definition) is 1. The highest BCUT2D eigenvalue weighted by Gasteiger charge is 2.23. The first-order valence-electron chi connectivity index (χ1n) is 10.1. The number of amides is 1. The number of carbonyl (C=O) groups is 2. The van der Waals surface area contributed by atoms with E-state index in [-0.39, 0.29) is 17.5 Å². The van der Waals surface area contributed by atoms with Crippen molar-refractivity contribution in [2.24, 2.45) is 5.73 Å². The Morgan fingerprint density at radius 3 is 2.83 bits per heavy atom. The SMILES string of the molecule is C[C@H](Sc1nnc(CCC(N)=O)n1Cc1ccco1)C(=O)c1ccc2c(c1)CCC2. The third-order valence-corrected chi connectivity index (χ3v) is 6.40. The van der Waals surface area contributed by atoms with E-state index in [0.29, 0.717) is 23.9 Å². The standard InChI is InChI=1S/C22H24N4O3S/c1-14(21(28)17-8-7-15-4-2-5-16(15)12-17)30-22-25-24-20(10-9-19(23)27)26(22)13-18-6-3-11-29-18/h3,6-8,11-12,14H,2,4-5,9-10,13H2,1H3,(H2,23,27)/t14-/m0/s1. The minimum Gasteiger partial charge on any atom is -0.467 e. The third-order valence-electron chi connectivity index (χ3n) is 5.32. The molecule has 0 aliphatic heterocycles. The average molecular weight is 425 g/mol. The van der Waals surface area contributed by atoms with Crippen molar-refractivity contribution in [2.75, 3.05) is 0 Å². The molecule has 30 heavy (non-hydrogen) atoms. The van der Waals surface area contributed by atoms with Crippen molar-refractivity contribution in [1.29, 1.82) is 0 Å². The van der Waals surface area contributed by atoms with Crippen molar-refractivity contribution in [1.82, 2.24) is 14.8 Å². The Balaban J connectivity index is 1.53. The van der Waals surface area contributed by atoms with E-state index < -0.39 is 5.91 Å². The maximum absolute atomic E-state index is 13.0. The normalized spacial score (nSPS) is 13.9. The average Bonchev–Trinajstić information content (AvgIpc) is 3.48. The highest BCUT2D eigenvalue weighted by Crippen LogP contribution is 2.28. The Morgan fingerprint density at radius 1 is 1.23 bits per heavy atom. The van der Waals surface area contributed by atoms with Crippen LogP contribution in [-0.2, 0) is 30.6 Å². The number of primary amides is 1. The minimum absolute atomic E-state index is 0.0703. The van der Waals surface area contributed by atoms with Gasteiger partial charge in [-0.15, -0.1) is 10.2 Å². The second-order valence-electron chi connectivity index (χ2n) is 7.49. The lowest BCUT2D eigenvalue weighted by molar-refractivity contribution is -0.118. The highest BCUT2D eigenvalue weighted by atomic mass is 32.2. The zero-order valence-corrected chi connectivity index (χ0v) is 17.7. The largest absolute Gasteiger partial charge is 0.467 e. The van der Waals surface area contributed by atoms with Gasteiger partial charge in [-0.25, -0.2) is 0 Å². The fraction of sp³-hybridized carbons (Fsp3) is 0.364. The number of fused-ring (bicyclic) bond motifs is 1. The molecule has 1 aliphatic rings. The molecule has 3 aromatic rings. The Morgan fingerprint density at radius 2 is 2.07 bits per heavy atom. The molecule has 0 unspecified atom stereocenters. The van der Waals surface area contributed by atoms with Gasteiger partial charge in [0.15, 0.2) is 10.9 Å². The minimum atomic E-state index is -0.392. The number of aromatic nitrogens is 3. The number of carbonyl (C=O) groups excluding carboxylic acids is 2. The summed E-state index contributed by atoms with van der Waals surface area (Å²) in [5.74, 6) is 1.07. The summed E-state index contributed by atoms with van der Waals surface area (Å²) >= 11 is 1.37. The smallest absolute Gasteiger partial charge is 0.217 e. The molecule has 4 rings (SSSR count). The van der Waals surface area contributed by atoms with Gasteiger partial charge in [-0.3, -0.25) is 14.2 Å². The van der Waals surface area contributed by atoms with Crippen molar-refractivity contribution in [3.63, 3.8) is 0 Å². The van der Waals surface area contributed by atoms with Crippen molar-refractivity contribution in [3.8, 4) is 0 Å². The fourth-order valence-electron chi connectivity index (χ4n) is 3.71. The topological polar surface area (TPSA) is 104 Å². The summed E-state index contributed by atoms with van der Waals surface area (Å²) in [6.45, 7) is 2.31. The number of benzene rings is 1. The fourth-order valence-corrected chi connectivity index (χ4v) is 4.66. The molecule has 1 atom stereocenters. The molecule has 0 fully saturated rings. The zero-order valence-electron chi connectivity index (χ0n) is 16.8. The highest BCUT2D eigenvalue weighted by molar-refractivity contribution is 8.00. The van der Waals surface area contributed by atoms with Crippen LogP contribution >= 0.6 is 11.8 Å². The first-order valence-corrected chi connectivity index (χ1v) is 10.9. The van der Waals surface area contributed by atoms with Crippen molar-refractivity contribution in [2.45, 2.75) is 56.0 Å². The monoisotopic (exact) mass is 424 g/mol. The predicted molar refractivity (Wildman–Crippen MR) is 113 cm³/mol. The summed E-state index contributed by atoms with van der Waals surface area (Å²) in [7, 11) is 0. The van der Waals surface area contributed by atoms with Crippen LogP contribution in [0.1, 0.15) is 52.8 Å². The maximum Gasteiger partial charge on any atom is 0.217 e. The van der Waals surface area contributed by atoms with E-state index in [9.17, 15) is 9.59 Å². The number of hydrogen-bond acceptors (Lipinski definition) is 6. The molecule has 0 saturated heterocycles. The number of nitrogens with two attached hydrogens (primary N) is 1. The van der Waals surface area contributed by atoms with Gasteiger partial charge in [-0.05, 0) is 55.5 Å². The molecule has 156 valence electrons. The van der Waals surface area contributed by atoms with Gasteiger partial charge in [0.2, 0.25) is 5.91 Å². The van der Waals surface area contributed by atoms with Crippen LogP contribution in [0.25, 0.3) is 0 Å². The van der Waals surface area contributed by atoms with E-state index in [4.69, 9.17) is 10.2 Å². The summed E-state index contributed by atoms with van der Waals surface area (Å²) in [5, 5.41) is 8.80. The molecule has 7 nitrogen and oxygen atoms in total. The number of rotatable bonds is 9. The third kappa shape index (κ3) is 4.48. The van der Waals surface area contributed by atoms with Gasteiger partial charge in [0, 0.05) is 18.4 Å². The number of aryl methyl sites for hydroxylation is 3. The summed E-state index contributed by atoms with van der Waals surface area (Å²) < 4.78 is 7.35. The lowest BCUT2D eigenvalue weighted by Gasteiger charge is -2.13. The van der Waals surface area contributed by atoms with Crippen molar-refractivity contribution < 1.29 is 14.0 Å². The molecule has 0 spiro atoms. The van der Waals surface area contributed by atoms with Gasteiger partial charge in [-0.2, -0.15) is 0 Å². The van der Waals surface area contributed by atoms with E-state index in [1.807, 2.05) is 35.8 Å². The molecule has 2 heterocycles. The summed E-state index contributed by atoms with van der Waals surface area (Å²) in [4.78, 5) is 24.2. The van der Waals surface area contributed by atoms with Crippen LogP contribution < -0.4 is 5.73 Å². The first kappa shape index (κ1) is 20.4. The molecule has 2 N–H and O–H groups in total. The van der Waals surface area contributed by atoms with Crippen molar-refractivity contribution >= 4 is 23.5 Å². The summed E-state index contributed by atoms with van der Waals surface area (Å²) in [5.41, 5.74) is 8.67. The Kier molecular flexibility index (Phi) is 6.03. The molecule has 0 bridgehead atoms. The lowest BCUT2D eigenvalue weighted by atomic mass is 10.0. The molecule has 0 radical (unpaired) electrons. The van der Waals surface area contributed by atoms with E-state index in [1.165, 1.54) is 22.9 Å². The van der Waals surface area contributed by atoms with Crippen LogP contribution in [0.2, 0.25) is 0 Å². The number of nitrogens with zero attached hydrogens (tertiary/aromatic N) is 3. The van der Waals surface area contributed by atoms with Gasteiger partial charge in [0.25, 0.3) is 0 Å². The van der Waals surface area contributed by atoms with Crippen molar-refractivity contribution in [3.05, 3.63) is 64.9 Å². The van der Waals surface area contributed by atoms with Gasteiger partial charge >= 0.3 is 0 Å². The number of furan rings is 1. The lowest BCUT2D eigenvalue weighted by Crippen LogP contribution is -2.16.